The van der Waals surface area contributed by atoms with Gasteiger partial charge in [-0.3, -0.25) is 14.5 Å². The van der Waals surface area contributed by atoms with Crippen molar-refractivity contribution >= 4 is 29.3 Å². The monoisotopic (exact) mass is 471 g/mol. The van der Waals surface area contributed by atoms with Crippen LogP contribution < -0.4 is 14.8 Å². The number of methoxy groups -OCH3 is 2. The molecule has 1 heterocycles. The SMILES string of the molecule is COc1ccc(SCC(=O)N2CCCN(CC(=O)Nc3c(C)cccc3C)CC2)cc1OC. The van der Waals surface area contributed by atoms with Crippen molar-refractivity contribution in [3.63, 3.8) is 0 Å². The van der Waals surface area contributed by atoms with Gasteiger partial charge in [0.15, 0.2) is 11.5 Å². The highest BCUT2D eigenvalue weighted by Crippen LogP contribution is 2.32. The first-order valence-corrected chi connectivity index (χ1v) is 12.1. The molecule has 0 aromatic heterocycles. The van der Waals surface area contributed by atoms with Gasteiger partial charge in [-0.05, 0) is 49.6 Å². The maximum atomic E-state index is 12.8. The lowest BCUT2D eigenvalue weighted by atomic mass is 10.1. The molecule has 0 aliphatic carbocycles. The Morgan fingerprint density at radius 2 is 1.70 bits per heavy atom. The van der Waals surface area contributed by atoms with E-state index in [2.05, 4.69) is 10.2 Å². The molecule has 3 rings (SSSR count). The van der Waals surface area contributed by atoms with Crippen molar-refractivity contribution < 1.29 is 19.1 Å². The van der Waals surface area contributed by atoms with Gasteiger partial charge in [0.1, 0.15) is 0 Å². The normalized spacial score (nSPS) is 14.5. The Hall–Kier alpha value is -2.71. The molecule has 0 unspecified atom stereocenters. The van der Waals surface area contributed by atoms with Crippen LogP contribution in [0.3, 0.4) is 0 Å². The van der Waals surface area contributed by atoms with E-state index in [0.717, 1.165) is 34.7 Å². The summed E-state index contributed by atoms with van der Waals surface area (Å²) in [6.45, 7) is 7.15. The van der Waals surface area contributed by atoms with Gasteiger partial charge in [0.25, 0.3) is 0 Å². The lowest BCUT2D eigenvalue weighted by Crippen LogP contribution is -2.38. The molecule has 0 saturated carbocycles. The zero-order valence-electron chi connectivity index (χ0n) is 19.8. The third-order valence-corrected chi connectivity index (χ3v) is 6.75. The largest absolute Gasteiger partial charge is 0.493 e. The maximum Gasteiger partial charge on any atom is 0.238 e. The van der Waals surface area contributed by atoms with Gasteiger partial charge in [-0.25, -0.2) is 0 Å². The van der Waals surface area contributed by atoms with E-state index in [-0.39, 0.29) is 11.8 Å². The number of thioether (sulfide) groups is 1. The summed E-state index contributed by atoms with van der Waals surface area (Å²) in [7, 11) is 3.20. The number of carbonyl (C=O) groups is 2. The zero-order chi connectivity index (χ0) is 23.8. The average Bonchev–Trinajstić information content (AvgIpc) is 3.05. The van der Waals surface area contributed by atoms with E-state index in [1.54, 1.807) is 14.2 Å². The molecule has 2 aromatic carbocycles. The first-order valence-electron chi connectivity index (χ1n) is 11.1. The Labute approximate surface area is 200 Å². The Morgan fingerprint density at radius 3 is 2.39 bits per heavy atom. The number of nitrogens with zero attached hydrogens (tertiary/aromatic N) is 2. The topological polar surface area (TPSA) is 71.1 Å². The number of amides is 2. The fourth-order valence-electron chi connectivity index (χ4n) is 3.91. The minimum Gasteiger partial charge on any atom is -0.493 e. The number of anilines is 1. The minimum absolute atomic E-state index is 0.0174. The van der Waals surface area contributed by atoms with Crippen LogP contribution in [0.15, 0.2) is 41.3 Å². The third kappa shape index (κ3) is 6.88. The molecule has 7 nitrogen and oxygen atoms in total. The van der Waals surface area contributed by atoms with Gasteiger partial charge in [-0.15, -0.1) is 11.8 Å². The number of aryl methyl sites for hydroxylation is 2. The van der Waals surface area contributed by atoms with Gasteiger partial charge in [0.2, 0.25) is 11.8 Å². The minimum atomic E-state index is -0.0174. The summed E-state index contributed by atoms with van der Waals surface area (Å²) in [5.41, 5.74) is 3.01. The average molecular weight is 472 g/mol. The Bertz CT molecular complexity index is 962. The number of hydrogen-bond donors (Lipinski definition) is 1. The summed E-state index contributed by atoms with van der Waals surface area (Å²) in [4.78, 5) is 30.4. The number of nitrogens with one attached hydrogen (secondary N) is 1. The molecule has 1 N–H and O–H groups in total. The van der Waals surface area contributed by atoms with Gasteiger partial charge in [0.05, 0.1) is 26.5 Å². The summed E-state index contributed by atoms with van der Waals surface area (Å²) < 4.78 is 10.6. The molecule has 178 valence electrons. The van der Waals surface area contributed by atoms with Gasteiger partial charge in [0, 0.05) is 36.8 Å². The molecule has 0 atom stereocenters. The number of rotatable bonds is 8. The third-order valence-electron chi connectivity index (χ3n) is 5.77. The van der Waals surface area contributed by atoms with E-state index in [0.29, 0.717) is 43.4 Å². The molecule has 0 spiro atoms. The van der Waals surface area contributed by atoms with E-state index < -0.39 is 0 Å². The van der Waals surface area contributed by atoms with Gasteiger partial charge >= 0.3 is 0 Å². The number of carbonyl (C=O) groups excluding carboxylic acids is 2. The van der Waals surface area contributed by atoms with Crippen LogP contribution in [0.4, 0.5) is 5.69 Å². The highest BCUT2D eigenvalue weighted by molar-refractivity contribution is 8.00. The van der Waals surface area contributed by atoms with E-state index in [9.17, 15) is 9.59 Å². The molecule has 1 saturated heterocycles. The van der Waals surface area contributed by atoms with Crippen molar-refractivity contribution in [1.29, 1.82) is 0 Å². The van der Waals surface area contributed by atoms with E-state index in [1.165, 1.54) is 11.8 Å². The molecule has 2 aromatic rings. The molecule has 1 aliphatic rings. The summed E-state index contributed by atoms with van der Waals surface area (Å²) in [5, 5.41) is 3.05. The van der Waals surface area contributed by atoms with Crippen LogP contribution in [0.5, 0.6) is 11.5 Å². The molecule has 0 radical (unpaired) electrons. The Kier molecular flexibility index (Phi) is 9.03. The standard InChI is InChI=1S/C25H33N3O4S/c1-18-7-5-8-19(2)25(18)26-23(29)16-27-11-6-12-28(14-13-27)24(30)17-33-20-9-10-21(31-3)22(15-20)32-4/h5,7-10,15H,6,11-14,16-17H2,1-4H3,(H,26,29). The summed E-state index contributed by atoms with van der Waals surface area (Å²) in [6.07, 6.45) is 0.851. The van der Waals surface area contributed by atoms with Gasteiger partial charge in [-0.2, -0.15) is 0 Å². The van der Waals surface area contributed by atoms with Crippen LogP contribution in [-0.4, -0.2) is 74.3 Å². The van der Waals surface area contributed by atoms with Crippen LogP contribution in [-0.2, 0) is 9.59 Å². The molecule has 0 bridgehead atoms. The van der Waals surface area contributed by atoms with Crippen LogP contribution in [0.1, 0.15) is 17.5 Å². The van der Waals surface area contributed by atoms with Crippen LogP contribution in [0, 0.1) is 13.8 Å². The Balaban J connectivity index is 1.48. The van der Waals surface area contributed by atoms with E-state index >= 15 is 0 Å². The van der Waals surface area contributed by atoms with Crippen molar-refractivity contribution in [2.75, 3.05) is 58.0 Å². The first kappa shape index (κ1) is 24.9. The number of hydrogen-bond acceptors (Lipinski definition) is 6. The quantitative estimate of drug-likeness (QED) is 0.594. The highest BCUT2D eigenvalue weighted by atomic mass is 32.2. The second-order valence-corrected chi connectivity index (χ2v) is 9.18. The molecule has 8 heteroatoms. The van der Waals surface area contributed by atoms with Crippen molar-refractivity contribution in [1.82, 2.24) is 9.80 Å². The molecule has 2 amide bonds. The lowest BCUT2D eigenvalue weighted by molar-refractivity contribution is -0.128. The first-order chi connectivity index (χ1) is 15.9. The second-order valence-electron chi connectivity index (χ2n) is 8.13. The fraction of sp³-hybridized carbons (Fsp3) is 0.440. The number of ether oxygens (including phenoxy) is 2. The molecule has 33 heavy (non-hydrogen) atoms. The van der Waals surface area contributed by atoms with Crippen LogP contribution in [0.2, 0.25) is 0 Å². The summed E-state index contributed by atoms with van der Waals surface area (Å²) in [5.74, 6) is 1.78. The smallest absolute Gasteiger partial charge is 0.238 e. The van der Waals surface area contributed by atoms with Crippen molar-refractivity contribution in [3.8, 4) is 11.5 Å². The molecule has 1 aliphatic heterocycles. The molecule has 1 fully saturated rings. The second kappa shape index (κ2) is 12.0. The van der Waals surface area contributed by atoms with Crippen molar-refractivity contribution in [2.24, 2.45) is 0 Å². The van der Waals surface area contributed by atoms with Crippen LogP contribution >= 0.6 is 11.8 Å². The van der Waals surface area contributed by atoms with Gasteiger partial charge in [-0.1, -0.05) is 18.2 Å². The molecular formula is C25H33N3O4S. The highest BCUT2D eigenvalue weighted by Gasteiger charge is 2.21. The number of benzene rings is 2. The van der Waals surface area contributed by atoms with Crippen LogP contribution in [0.25, 0.3) is 0 Å². The van der Waals surface area contributed by atoms with Crippen molar-refractivity contribution in [3.05, 3.63) is 47.5 Å². The predicted molar refractivity (Wildman–Crippen MR) is 132 cm³/mol. The predicted octanol–water partition coefficient (Wildman–Crippen LogP) is 3.59. The zero-order valence-corrected chi connectivity index (χ0v) is 20.7. The Morgan fingerprint density at radius 1 is 0.970 bits per heavy atom. The number of para-hydroxylation sites is 1. The molecular weight excluding hydrogens is 438 g/mol. The lowest BCUT2D eigenvalue weighted by Gasteiger charge is -2.22. The van der Waals surface area contributed by atoms with E-state index in [1.807, 2.05) is 55.1 Å². The van der Waals surface area contributed by atoms with Gasteiger partial charge < -0.3 is 19.7 Å². The van der Waals surface area contributed by atoms with Crippen molar-refractivity contribution in [2.45, 2.75) is 25.2 Å². The van der Waals surface area contributed by atoms with E-state index in [4.69, 9.17) is 9.47 Å². The summed E-state index contributed by atoms with van der Waals surface area (Å²) in [6, 6.07) is 11.6. The summed E-state index contributed by atoms with van der Waals surface area (Å²) >= 11 is 1.49. The fourth-order valence-corrected chi connectivity index (χ4v) is 4.74. The maximum absolute atomic E-state index is 12.8.